The summed E-state index contributed by atoms with van der Waals surface area (Å²) >= 11 is 0. The Morgan fingerprint density at radius 1 is 0.850 bits per heavy atom. The van der Waals surface area contributed by atoms with Crippen molar-refractivity contribution < 1.29 is 14.4 Å². The van der Waals surface area contributed by atoms with Crippen LogP contribution in [0.2, 0.25) is 0 Å². The molecule has 0 aliphatic carbocycles. The van der Waals surface area contributed by atoms with E-state index in [9.17, 15) is 14.4 Å². The molecular weight excluding hydrogens is 252 g/mol. The van der Waals surface area contributed by atoms with Gasteiger partial charge in [0.05, 0.1) is 6.42 Å². The Morgan fingerprint density at radius 2 is 1.45 bits per heavy atom. The Balaban J connectivity index is 2.10. The van der Waals surface area contributed by atoms with Gasteiger partial charge >= 0.3 is 0 Å². The van der Waals surface area contributed by atoms with Crippen LogP contribution in [-0.2, 0) is 16.0 Å². The zero-order chi connectivity index (χ0) is 14.4. The van der Waals surface area contributed by atoms with Gasteiger partial charge in [-0.05, 0) is 5.56 Å². The van der Waals surface area contributed by atoms with Crippen molar-refractivity contribution in [1.82, 2.24) is 0 Å². The SMILES string of the molecule is O=CCC(=O)Cc1ccc(C(=O)c2ccccc2)cc1. The summed E-state index contributed by atoms with van der Waals surface area (Å²) in [6.45, 7) is 0. The first-order valence-corrected chi connectivity index (χ1v) is 6.34. The molecule has 2 aromatic rings. The molecule has 2 aromatic carbocycles. The Kier molecular flexibility index (Phi) is 4.56. The predicted molar refractivity (Wildman–Crippen MR) is 75.7 cm³/mol. The van der Waals surface area contributed by atoms with Gasteiger partial charge in [-0.1, -0.05) is 54.6 Å². The first-order valence-electron chi connectivity index (χ1n) is 6.34. The first-order chi connectivity index (χ1) is 9.70. The van der Waals surface area contributed by atoms with Crippen LogP contribution >= 0.6 is 0 Å². The molecule has 0 saturated carbocycles. The molecule has 20 heavy (non-hydrogen) atoms. The fourth-order valence-electron chi connectivity index (χ4n) is 1.92. The van der Waals surface area contributed by atoms with Crippen LogP contribution in [0.15, 0.2) is 54.6 Å². The maximum absolute atomic E-state index is 12.2. The third-order valence-corrected chi connectivity index (χ3v) is 2.96. The van der Waals surface area contributed by atoms with Gasteiger partial charge in [-0.25, -0.2) is 0 Å². The largest absolute Gasteiger partial charge is 0.303 e. The van der Waals surface area contributed by atoms with E-state index in [0.717, 1.165) is 5.56 Å². The molecule has 0 fully saturated rings. The third-order valence-electron chi connectivity index (χ3n) is 2.96. The summed E-state index contributed by atoms with van der Waals surface area (Å²) in [5, 5.41) is 0. The molecule has 0 heterocycles. The van der Waals surface area contributed by atoms with E-state index in [-0.39, 0.29) is 24.4 Å². The van der Waals surface area contributed by atoms with Crippen molar-refractivity contribution in [3.8, 4) is 0 Å². The van der Waals surface area contributed by atoms with Gasteiger partial charge in [-0.2, -0.15) is 0 Å². The van der Waals surface area contributed by atoms with Crippen molar-refractivity contribution in [3.05, 3.63) is 71.3 Å². The number of hydrogen-bond acceptors (Lipinski definition) is 3. The summed E-state index contributed by atoms with van der Waals surface area (Å²) in [6.07, 6.45) is 0.763. The Bertz CT molecular complexity index is 612. The molecule has 3 heteroatoms. The number of benzene rings is 2. The normalized spacial score (nSPS) is 10.0. The molecule has 2 rings (SSSR count). The van der Waals surface area contributed by atoms with Crippen molar-refractivity contribution in [3.63, 3.8) is 0 Å². The van der Waals surface area contributed by atoms with Gasteiger partial charge < -0.3 is 4.79 Å². The van der Waals surface area contributed by atoms with E-state index in [0.29, 0.717) is 17.4 Å². The zero-order valence-electron chi connectivity index (χ0n) is 10.9. The highest BCUT2D eigenvalue weighted by Gasteiger charge is 2.09. The Hall–Kier alpha value is -2.55. The molecule has 0 aliphatic heterocycles. The lowest BCUT2D eigenvalue weighted by atomic mass is 10.0. The maximum atomic E-state index is 12.2. The fraction of sp³-hybridized carbons (Fsp3) is 0.118. The van der Waals surface area contributed by atoms with E-state index in [4.69, 9.17) is 0 Å². The van der Waals surface area contributed by atoms with Gasteiger partial charge in [-0.15, -0.1) is 0 Å². The molecule has 0 aromatic heterocycles. The number of aldehydes is 1. The molecule has 3 nitrogen and oxygen atoms in total. The molecule has 0 aliphatic rings. The predicted octanol–water partition coefficient (Wildman–Crippen LogP) is 2.62. The van der Waals surface area contributed by atoms with Crippen LogP contribution in [0.5, 0.6) is 0 Å². The standard InChI is InChI=1S/C17H14O3/c18-11-10-16(19)12-13-6-8-15(9-7-13)17(20)14-4-2-1-3-5-14/h1-9,11H,10,12H2. The van der Waals surface area contributed by atoms with Gasteiger partial charge in [0.2, 0.25) is 0 Å². The average Bonchev–Trinajstić information content (AvgIpc) is 2.48. The summed E-state index contributed by atoms with van der Waals surface area (Å²) in [4.78, 5) is 33.8. The van der Waals surface area contributed by atoms with E-state index in [1.807, 2.05) is 18.2 Å². The number of hydrogen-bond donors (Lipinski definition) is 0. The highest BCUT2D eigenvalue weighted by Crippen LogP contribution is 2.11. The smallest absolute Gasteiger partial charge is 0.193 e. The highest BCUT2D eigenvalue weighted by molar-refractivity contribution is 6.09. The molecule has 0 saturated heterocycles. The summed E-state index contributed by atoms with van der Waals surface area (Å²) in [5.74, 6) is -0.168. The monoisotopic (exact) mass is 266 g/mol. The number of carbonyl (C=O) groups excluding carboxylic acids is 3. The number of ketones is 2. The number of Topliss-reactive ketones (excluding diaryl/α,β-unsaturated/α-hetero) is 1. The van der Waals surface area contributed by atoms with Gasteiger partial charge in [0.25, 0.3) is 0 Å². The molecule has 0 unspecified atom stereocenters. The molecule has 0 atom stereocenters. The summed E-state index contributed by atoms with van der Waals surface area (Å²) < 4.78 is 0. The Labute approximate surface area is 117 Å². The molecule has 0 spiro atoms. The molecule has 0 N–H and O–H groups in total. The lowest BCUT2D eigenvalue weighted by Crippen LogP contribution is -2.04. The fourth-order valence-corrected chi connectivity index (χ4v) is 1.92. The van der Waals surface area contributed by atoms with E-state index >= 15 is 0 Å². The maximum Gasteiger partial charge on any atom is 0.193 e. The minimum absolute atomic E-state index is 0.0450. The molecular formula is C17H14O3. The van der Waals surface area contributed by atoms with Crippen LogP contribution in [0.4, 0.5) is 0 Å². The lowest BCUT2D eigenvalue weighted by molar-refractivity contribution is -0.121. The second-order valence-corrected chi connectivity index (χ2v) is 4.48. The summed E-state index contributed by atoms with van der Waals surface area (Å²) in [7, 11) is 0. The minimum atomic E-state index is -0.123. The van der Waals surface area contributed by atoms with Crippen LogP contribution in [0.3, 0.4) is 0 Å². The van der Waals surface area contributed by atoms with Crippen molar-refractivity contribution in [2.45, 2.75) is 12.8 Å². The van der Waals surface area contributed by atoms with Crippen molar-refractivity contribution >= 4 is 17.9 Å². The van der Waals surface area contributed by atoms with Crippen LogP contribution in [0.1, 0.15) is 27.9 Å². The van der Waals surface area contributed by atoms with Gasteiger partial charge in [0, 0.05) is 17.5 Å². The lowest BCUT2D eigenvalue weighted by Gasteiger charge is -2.03. The Morgan fingerprint density at radius 3 is 2.05 bits per heavy atom. The second-order valence-electron chi connectivity index (χ2n) is 4.48. The van der Waals surface area contributed by atoms with Gasteiger partial charge in [0.15, 0.2) is 5.78 Å². The summed E-state index contributed by atoms with van der Waals surface area (Å²) in [6, 6.07) is 15.9. The zero-order valence-corrected chi connectivity index (χ0v) is 10.9. The van der Waals surface area contributed by atoms with Crippen LogP contribution in [-0.4, -0.2) is 17.9 Å². The average molecular weight is 266 g/mol. The van der Waals surface area contributed by atoms with Crippen molar-refractivity contribution in [1.29, 1.82) is 0 Å². The third kappa shape index (κ3) is 3.48. The van der Waals surface area contributed by atoms with Crippen molar-refractivity contribution in [2.24, 2.45) is 0 Å². The topological polar surface area (TPSA) is 51.2 Å². The molecule has 0 radical (unpaired) electrons. The van der Waals surface area contributed by atoms with E-state index in [2.05, 4.69) is 0 Å². The van der Waals surface area contributed by atoms with Crippen LogP contribution in [0.25, 0.3) is 0 Å². The number of carbonyl (C=O) groups is 3. The van der Waals surface area contributed by atoms with E-state index < -0.39 is 0 Å². The first kappa shape index (κ1) is 13.9. The quantitative estimate of drug-likeness (QED) is 0.459. The molecule has 100 valence electrons. The summed E-state index contributed by atoms with van der Waals surface area (Å²) in [5.41, 5.74) is 2.03. The number of rotatable bonds is 6. The van der Waals surface area contributed by atoms with Crippen LogP contribution in [0, 0.1) is 0 Å². The molecule has 0 amide bonds. The van der Waals surface area contributed by atoms with E-state index in [1.165, 1.54) is 0 Å². The van der Waals surface area contributed by atoms with Gasteiger partial charge in [0.1, 0.15) is 12.1 Å². The molecule has 0 bridgehead atoms. The second kappa shape index (κ2) is 6.57. The van der Waals surface area contributed by atoms with Gasteiger partial charge in [-0.3, -0.25) is 9.59 Å². The van der Waals surface area contributed by atoms with Crippen LogP contribution < -0.4 is 0 Å². The van der Waals surface area contributed by atoms with Crippen molar-refractivity contribution in [2.75, 3.05) is 0 Å². The minimum Gasteiger partial charge on any atom is -0.303 e. The van der Waals surface area contributed by atoms with E-state index in [1.54, 1.807) is 36.4 Å². The highest BCUT2D eigenvalue weighted by atomic mass is 16.1.